The molecule has 0 saturated heterocycles. The van der Waals surface area contributed by atoms with Crippen LogP contribution in [0.15, 0.2) is 36.9 Å². The molecule has 0 aliphatic carbocycles. The fraction of sp³-hybridized carbons (Fsp3) is 0.286. The summed E-state index contributed by atoms with van der Waals surface area (Å²) in [7, 11) is 1.44. The maximum atomic E-state index is 12.1. The first-order valence-electron chi connectivity index (χ1n) is 6.24. The summed E-state index contributed by atoms with van der Waals surface area (Å²) < 4.78 is 6.86. The van der Waals surface area contributed by atoms with Gasteiger partial charge in [0.2, 0.25) is 0 Å². The number of amides is 1. The predicted octanol–water partition coefficient (Wildman–Crippen LogP) is 1.42. The summed E-state index contributed by atoms with van der Waals surface area (Å²) in [5, 5.41) is 12.8. The molecular formula is C14H17N3O3. The van der Waals surface area contributed by atoms with Gasteiger partial charge in [0, 0.05) is 25.0 Å². The molecule has 0 aliphatic rings. The number of aromatic hydroxyl groups is 1. The molecule has 1 aromatic carbocycles. The van der Waals surface area contributed by atoms with Crippen molar-refractivity contribution in [3.63, 3.8) is 0 Å². The molecule has 2 aromatic rings. The molecule has 1 aromatic heterocycles. The van der Waals surface area contributed by atoms with Crippen LogP contribution in [0.2, 0.25) is 0 Å². The van der Waals surface area contributed by atoms with Gasteiger partial charge in [-0.1, -0.05) is 6.07 Å². The van der Waals surface area contributed by atoms with E-state index in [-0.39, 0.29) is 29.0 Å². The van der Waals surface area contributed by atoms with Crippen LogP contribution in [0, 0.1) is 0 Å². The van der Waals surface area contributed by atoms with Crippen LogP contribution in [0.3, 0.4) is 0 Å². The number of phenolic OH excluding ortho intramolecular Hbond substituents is 1. The van der Waals surface area contributed by atoms with Gasteiger partial charge in [0.15, 0.2) is 11.5 Å². The number of hydrogen-bond acceptors (Lipinski definition) is 4. The lowest BCUT2D eigenvalue weighted by Gasteiger charge is -2.15. The molecule has 106 valence electrons. The number of carbonyl (C=O) groups is 1. The molecule has 20 heavy (non-hydrogen) atoms. The van der Waals surface area contributed by atoms with Crippen LogP contribution >= 0.6 is 0 Å². The van der Waals surface area contributed by atoms with Crippen molar-refractivity contribution in [1.29, 1.82) is 0 Å². The van der Waals surface area contributed by atoms with Gasteiger partial charge in [-0.05, 0) is 19.1 Å². The molecule has 1 amide bonds. The second-order valence-electron chi connectivity index (χ2n) is 4.49. The number of para-hydroxylation sites is 1. The van der Waals surface area contributed by atoms with Crippen molar-refractivity contribution >= 4 is 5.91 Å². The highest BCUT2D eigenvalue weighted by atomic mass is 16.5. The van der Waals surface area contributed by atoms with Crippen LogP contribution < -0.4 is 10.1 Å². The van der Waals surface area contributed by atoms with E-state index in [0.717, 1.165) is 0 Å². The lowest BCUT2D eigenvalue weighted by molar-refractivity contribution is 0.0933. The van der Waals surface area contributed by atoms with Crippen molar-refractivity contribution in [3.8, 4) is 11.5 Å². The highest BCUT2D eigenvalue weighted by molar-refractivity contribution is 5.97. The van der Waals surface area contributed by atoms with E-state index in [0.29, 0.717) is 6.54 Å². The number of methoxy groups -OCH3 is 1. The molecule has 0 aliphatic heterocycles. The molecule has 0 radical (unpaired) electrons. The first-order chi connectivity index (χ1) is 9.61. The molecule has 2 rings (SSSR count). The third kappa shape index (κ3) is 3.09. The zero-order chi connectivity index (χ0) is 14.5. The summed E-state index contributed by atoms with van der Waals surface area (Å²) >= 11 is 0. The third-order valence-corrected chi connectivity index (χ3v) is 2.88. The minimum absolute atomic E-state index is 0.0951. The molecular weight excluding hydrogens is 258 g/mol. The van der Waals surface area contributed by atoms with E-state index in [2.05, 4.69) is 10.3 Å². The smallest absolute Gasteiger partial charge is 0.255 e. The number of nitrogens with zero attached hydrogens (tertiary/aromatic N) is 2. The van der Waals surface area contributed by atoms with E-state index in [9.17, 15) is 9.90 Å². The van der Waals surface area contributed by atoms with Crippen LogP contribution in [0.25, 0.3) is 0 Å². The Kier molecular flexibility index (Phi) is 4.24. The van der Waals surface area contributed by atoms with Gasteiger partial charge in [-0.3, -0.25) is 4.79 Å². The lowest BCUT2D eigenvalue weighted by Crippen LogP contribution is -2.35. The summed E-state index contributed by atoms with van der Waals surface area (Å²) in [4.78, 5) is 16.1. The second kappa shape index (κ2) is 6.10. The Morgan fingerprint density at radius 2 is 2.35 bits per heavy atom. The Balaban J connectivity index is 2.04. The zero-order valence-electron chi connectivity index (χ0n) is 11.4. The summed E-state index contributed by atoms with van der Waals surface area (Å²) in [5.74, 6) is -0.212. The van der Waals surface area contributed by atoms with Crippen LogP contribution in [0.4, 0.5) is 0 Å². The number of nitrogens with one attached hydrogen (secondary N) is 1. The Bertz CT molecular complexity index is 581. The van der Waals surface area contributed by atoms with E-state index in [1.807, 2.05) is 17.7 Å². The van der Waals surface area contributed by atoms with E-state index in [1.165, 1.54) is 7.11 Å². The van der Waals surface area contributed by atoms with Gasteiger partial charge in [-0.2, -0.15) is 0 Å². The van der Waals surface area contributed by atoms with Crippen molar-refractivity contribution < 1.29 is 14.6 Å². The van der Waals surface area contributed by atoms with E-state index < -0.39 is 0 Å². The molecule has 2 N–H and O–H groups in total. The van der Waals surface area contributed by atoms with Crippen molar-refractivity contribution in [2.24, 2.45) is 0 Å². The molecule has 1 atom stereocenters. The van der Waals surface area contributed by atoms with Crippen LogP contribution in [-0.4, -0.2) is 33.7 Å². The van der Waals surface area contributed by atoms with E-state index >= 15 is 0 Å². The maximum Gasteiger partial charge on any atom is 0.255 e. The summed E-state index contributed by atoms with van der Waals surface area (Å²) in [6, 6.07) is 4.72. The Labute approximate surface area is 117 Å². The first kappa shape index (κ1) is 13.9. The van der Waals surface area contributed by atoms with E-state index in [4.69, 9.17) is 4.74 Å². The van der Waals surface area contributed by atoms with Crippen molar-refractivity contribution in [2.75, 3.05) is 7.11 Å². The van der Waals surface area contributed by atoms with Crippen molar-refractivity contribution in [2.45, 2.75) is 19.5 Å². The quantitative estimate of drug-likeness (QED) is 0.865. The molecule has 6 nitrogen and oxygen atoms in total. The van der Waals surface area contributed by atoms with Crippen molar-refractivity contribution in [3.05, 3.63) is 42.5 Å². The second-order valence-corrected chi connectivity index (χ2v) is 4.49. The molecule has 1 heterocycles. The standard InChI is InChI=1S/C14H17N3O3/c1-10(8-17-7-6-15-9-17)16-14(19)11-4-3-5-12(20-2)13(11)18/h3-7,9-10,18H,8H2,1-2H3,(H,16,19). The maximum absolute atomic E-state index is 12.1. The van der Waals surface area contributed by atoms with Crippen LogP contribution in [-0.2, 0) is 6.54 Å². The van der Waals surface area contributed by atoms with Gasteiger partial charge in [-0.25, -0.2) is 4.98 Å². The van der Waals surface area contributed by atoms with Gasteiger partial charge in [-0.15, -0.1) is 0 Å². The largest absolute Gasteiger partial charge is 0.504 e. The average Bonchev–Trinajstić information content (AvgIpc) is 2.91. The number of carbonyl (C=O) groups excluding carboxylic acids is 1. The fourth-order valence-corrected chi connectivity index (χ4v) is 1.93. The zero-order valence-corrected chi connectivity index (χ0v) is 11.4. The molecule has 0 saturated carbocycles. The van der Waals surface area contributed by atoms with Gasteiger partial charge in [0.25, 0.3) is 5.91 Å². The SMILES string of the molecule is COc1cccc(C(=O)NC(C)Cn2ccnc2)c1O. The number of imidazole rings is 1. The molecule has 0 bridgehead atoms. The minimum atomic E-state index is -0.339. The van der Waals surface area contributed by atoms with Gasteiger partial charge in [0.05, 0.1) is 19.0 Å². The molecule has 1 unspecified atom stereocenters. The average molecular weight is 275 g/mol. The van der Waals surface area contributed by atoms with E-state index in [1.54, 1.807) is 30.7 Å². The highest BCUT2D eigenvalue weighted by Gasteiger charge is 2.16. The van der Waals surface area contributed by atoms with Crippen LogP contribution in [0.1, 0.15) is 17.3 Å². The Morgan fingerprint density at radius 1 is 1.55 bits per heavy atom. The molecule has 6 heteroatoms. The summed E-state index contributed by atoms with van der Waals surface area (Å²) in [5.41, 5.74) is 0.196. The monoisotopic (exact) mass is 275 g/mol. The first-order valence-corrected chi connectivity index (χ1v) is 6.24. The number of hydrogen-bond donors (Lipinski definition) is 2. The normalized spacial score (nSPS) is 11.9. The fourth-order valence-electron chi connectivity index (χ4n) is 1.93. The number of rotatable bonds is 5. The Hall–Kier alpha value is -2.50. The number of phenols is 1. The lowest BCUT2D eigenvalue weighted by atomic mass is 10.1. The number of benzene rings is 1. The highest BCUT2D eigenvalue weighted by Crippen LogP contribution is 2.29. The third-order valence-electron chi connectivity index (χ3n) is 2.88. The van der Waals surface area contributed by atoms with Crippen molar-refractivity contribution in [1.82, 2.24) is 14.9 Å². The molecule has 0 spiro atoms. The van der Waals surface area contributed by atoms with Gasteiger partial charge < -0.3 is 19.7 Å². The number of ether oxygens (including phenoxy) is 1. The van der Waals surface area contributed by atoms with Gasteiger partial charge in [0.1, 0.15) is 0 Å². The van der Waals surface area contributed by atoms with Gasteiger partial charge >= 0.3 is 0 Å². The summed E-state index contributed by atoms with van der Waals surface area (Å²) in [6.45, 7) is 2.49. The summed E-state index contributed by atoms with van der Waals surface area (Å²) in [6.07, 6.45) is 5.19. The number of aromatic nitrogens is 2. The predicted molar refractivity (Wildman–Crippen MR) is 73.8 cm³/mol. The topological polar surface area (TPSA) is 76.4 Å². The molecule has 0 fully saturated rings. The van der Waals surface area contributed by atoms with Crippen LogP contribution in [0.5, 0.6) is 11.5 Å². The Morgan fingerprint density at radius 3 is 3.00 bits per heavy atom. The minimum Gasteiger partial charge on any atom is -0.504 e.